The van der Waals surface area contributed by atoms with E-state index in [1.165, 1.54) is 5.56 Å². The van der Waals surface area contributed by atoms with Crippen molar-refractivity contribution in [1.29, 1.82) is 0 Å². The van der Waals surface area contributed by atoms with Crippen LogP contribution in [-0.2, 0) is 0 Å². The molecule has 0 radical (unpaired) electrons. The molecule has 0 aliphatic rings. The van der Waals surface area contributed by atoms with Crippen LogP contribution in [0.15, 0.2) is 24.4 Å². The number of benzene rings is 1. The van der Waals surface area contributed by atoms with E-state index in [9.17, 15) is 4.79 Å². The molecular weight excluding hydrogens is 394 g/mol. The highest BCUT2D eigenvalue weighted by Crippen LogP contribution is 2.32. The molecule has 8 heteroatoms. The van der Waals surface area contributed by atoms with Gasteiger partial charge in [0.1, 0.15) is 5.69 Å². The molecule has 0 bridgehead atoms. The number of thiazole rings is 1. The highest BCUT2D eigenvalue weighted by atomic mass is 35.5. The first-order valence-electron chi connectivity index (χ1n) is 9.16. The van der Waals surface area contributed by atoms with Gasteiger partial charge in [0.15, 0.2) is 5.13 Å². The molecule has 0 aliphatic carbocycles. The largest absolute Gasteiger partial charge is 0.308 e. The number of likely N-dealkylation sites (N-methyl/N-ethyl adjacent to an activating group) is 1. The van der Waals surface area contributed by atoms with Gasteiger partial charge in [-0.15, -0.1) is 12.4 Å². The zero-order valence-corrected chi connectivity index (χ0v) is 18.9. The standard InChI is InChI=1S/C20H27N5OS.ClH/c1-13(2)25-16(7-8-21-25)19(26)24(10-9-23(5)6)20-22-18-15(4)11-14(3)12-17(18)27-20;/h7-8,11-13H,9-10H2,1-6H3;1H. The number of amides is 1. The first kappa shape index (κ1) is 22.3. The predicted molar refractivity (Wildman–Crippen MR) is 119 cm³/mol. The minimum Gasteiger partial charge on any atom is -0.308 e. The topological polar surface area (TPSA) is 54.3 Å². The van der Waals surface area contributed by atoms with Gasteiger partial charge in [-0.2, -0.15) is 5.10 Å². The second-order valence-corrected chi connectivity index (χ2v) is 8.45. The Labute approximate surface area is 176 Å². The average Bonchev–Trinajstić information content (AvgIpc) is 3.21. The van der Waals surface area contributed by atoms with Gasteiger partial charge in [-0.3, -0.25) is 14.4 Å². The van der Waals surface area contributed by atoms with E-state index in [0.29, 0.717) is 12.2 Å². The Bertz CT molecular complexity index is 963. The van der Waals surface area contributed by atoms with Gasteiger partial charge in [0, 0.05) is 25.3 Å². The molecule has 0 atom stereocenters. The van der Waals surface area contributed by atoms with E-state index in [0.717, 1.165) is 27.5 Å². The van der Waals surface area contributed by atoms with E-state index in [1.54, 1.807) is 33.2 Å². The van der Waals surface area contributed by atoms with Crippen molar-refractivity contribution in [3.05, 3.63) is 41.2 Å². The maximum Gasteiger partial charge on any atom is 0.278 e. The van der Waals surface area contributed by atoms with Crippen LogP contribution in [0.4, 0.5) is 5.13 Å². The van der Waals surface area contributed by atoms with Crippen molar-refractivity contribution in [2.24, 2.45) is 0 Å². The molecule has 0 unspecified atom stereocenters. The van der Waals surface area contributed by atoms with Crippen molar-refractivity contribution in [3.8, 4) is 0 Å². The van der Waals surface area contributed by atoms with Crippen molar-refractivity contribution in [2.75, 3.05) is 32.1 Å². The Morgan fingerprint density at radius 1 is 1.21 bits per heavy atom. The molecule has 152 valence electrons. The van der Waals surface area contributed by atoms with Gasteiger partial charge >= 0.3 is 0 Å². The Morgan fingerprint density at radius 2 is 1.93 bits per heavy atom. The molecule has 28 heavy (non-hydrogen) atoms. The fourth-order valence-corrected chi connectivity index (χ4v) is 4.26. The number of hydrogen-bond donors (Lipinski definition) is 0. The zero-order chi connectivity index (χ0) is 19.7. The van der Waals surface area contributed by atoms with Crippen LogP contribution in [0.1, 0.15) is 41.5 Å². The van der Waals surface area contributed by atoms with Crippen molar-refractivity contribution in [1.82, 2.24) is 19.7 Å². The molecule has 0 saturated heterocycles. The van der Waals surface area contributed by atoms with E-state index in [2.05, 4.69) is 36.0 Å². The van der Waals surface area contributed by atoms with Crippen LogP contribution < -0.4 is 4.90 Å². The van der Waals surface area contributed by atoms with Gasteiger partial charge in [-0.25, -0.2) is 4.98 Å². The molecular formula is C20H28ClN5OS. The predicted octanol–water partition coefficient (Wildman–Crippen LogP) is 4.32. The second kappa shape index (κ2) is 9.03. The summed E-state index contributed by atoms with van der Waals surface area (Å²) in [6.45, 7) is 9.54. The van der Waals surface area contributed by atoms with Crippen molar-refractivity contribution in [2.45, 2.75) is 33.7 Å². The molecule has 2 heterocycles. The second-order valence-electron chi connectivity index (χ2n) is 7.44. The van der Waals surface area contributed by atoms with Crippen LogP contribution in [0.2, 0.25) is 0 Å². The third-order valence-electron chi connectivity index (χ3n) is 4.44. The van der Waals surface area contributed by atoms with Gasteiger partial charge in [0.05, 0.1) is 10.2 Å². The summed E-state index contributed by atoms with van der Waals surface area (Å²) in [6.07, 6.45) is 1.68. The lowest BCUT2D eigenvalue weighted by Crippen LogP contribution is -2.38. The van der Waals surface area contributed by atoms with Gasteiger partial charge in [-0.1, -0.05) is 17.4 Å². The summed E-state index contributed by atoms with van der Waals surface area (Å²) >= 11 is 1.57. The number of nitrogens with zero attached hydrogens (tertiary/aromatic N) is 5. The molecule has 2 aromatic heterocycles. The number of rotatable bonds is 6. The summed E-state index contributed by atoms with van der Waals surface area (Å²) in [6, 6.07) is 6.17. The average molecular weight is 422 g/mol. The van der Waals surface area contributed by atoms with Crippen LogP contribution in [0.25, 0.3) is 10.2 Å². The first-order chi connectivity index (χ1) is 12.8. The van der Waals surface area contributed by atoms with Gasteiger partial charge in [0.25, 0.3) is 5.91 Å². The number of halogens is 1. The number of aromatic nitrogens is 3. The normalized spacial score (nSPS) is 11.3. The summed E-state index contributed by atoms with van der Waals surface area (Å²) in [7, 11) is 4.01. The number of hydrogen-bond acceptors (Lipinski definition) is 5. The summed E-state index contributed by atoms with van der Waals surface area (Å²) in [5.41, 5.74) is 3.91. The van der Waals surface area contributed by atoms with E-state index in [-0.39, 0.29) is 24.4 Å². The SMILES string of the molecule is Cc1cc(C)c2nc(N(CCN(C)C)C(=O)c3ccnn3C(C)C)sc2c1.Cl. The van der Waals surface area contributed by atoms with Crippen LogP contribution in [-0.4, -0.2) is 52.8 Å². The van der Waals surface area contributed by atoms with E-state index in [1.807, 2.05) is 27.9 Å². The number of carbonyl (C=O) groups is 1. The van der Waals surface area contributed by atoms with Gasteiger partial charge in [-0.05, 0) is 65.0 Å². The summed E-state index contributed by atoms with van der Waals surface area (Å²) < 4.78 is 2.88. The van der Waals surface area contributed by atoms with Crippen molar-refractivity contribution in [3.63, 3.8) is 0 Å². The Balaban J connectivity index is 0.00000280. The maximum absolute atomic E-state index is 13.4. The molecule has 1 aromatic carbocycles. The smallest absolute Gasteiger partial charge is 0.278 e. The first-order valence-corrected chi connectivity index (χ1v) is 9.97. The van der Waals surface area contributed by atoms with Crippen molar-refractivity contribution < 1.29 is 4.79 Å². The number of carbonyl (C=O) groups excluding carboxylic acids is 1. The third kappa shape index (κ3) is 4.54. The minimum absolute atomic E-state index is 0. The number of fused-ring (bicyclic) bond motifs is 1. The fraction of sp³-hybridized carbons (Fsp3) is 0.450. The molecule has 0 fully saturated rings. The van der Waals surface area contributed by atoms with E-state index >= 15 is 0 Å². The van der Waals surface area contributed by atoms with Crippen molar-refractivity contribution >= 4 is 45.0 Å². The molecule has 3 rings (SSSR count). The fourth-order valence-electron chi connectivity index (χ4n) is 3.09. The van der Waals surface area contributed by atoms with E-state index < -0.39 is 0 Å². The lowest BCUT2D eigenvalue weighted by atomic mass is 10.1. The molecule has 0 spiro atoms. The Morgan fingerprint density at radius 3 is 2.57 bits per heavy atom. The highest BCUT2D eigenvalue weighted by molar-refractivity contribution is 7.22. The van der Waals surface area contributed by atoms with Crippen LogP contribution in [0, 0.1) is 13.8 Å². The lowest BCUT2D eigenvalue weighted by Gasteiger charge is -2.22. The Hall–Kier alpha value is -1.96. The molecule has 1 amide bonds. The van der Waals surface area contributed by atoms with Crippen LogP contribution >= 0.6 is 23.7 Å². The summed E-state index contributed by atoms with van der Waals surface area (Å²) in [5.74, 6) is -0.0588. The summed E-state index contributed by atoms with van der Waals surface area (Å²) in [5, 5.41) is 5.06. The van der Waals surface area contributed by atoms with E-state index in [4.69, 9.17) is 4.98 Å². The molecule has 0 N–H and O–H groups in total. The lowest BCUT2D eigenvalue weighted by molar-refractivity contribution is 0.0973. The minimum atomic E-state index is -0.0588. The Kier molecular flexibility index (Phi) is 7.20. The zero-order valence-electron chi connectivity index (χ0n) is 17.3. The van der Waals surface area contributed by atoms with Gasteiger partial charge < -0.3 is 4.90 Å². The highest BCUT2D eigenvalue weighted by Gasteiger charge is 2.25. The molecule has 0 saturated carbocycles. The third-order valence-corrected chi connectivity index (χ3v) is 5.47. The van der Waals surface area contributed by atoms with Crippen LogP contribution in [0.5, 0.6) is 0 Å². The maximum atomic E-state index is 13.4. The summed E-state index contributed by atoms with van der Waals surface area (Å²) in [4.78, 5) is 22.1. The monoisotopic (exact) mass is 421 g/mol. The number of anilines is 1. The molecule has 0 aliphatic heterocycles. The van der Waals surface area contributed by atoms with Gasteiger partial charge in [0.2, 0.25) is 0 Å². The molecule has 3 aromatic rings. The quantitative estimate of drug-likeness (QED) is 0.594. The molecule has 6 nitrogen and oxygen atoms in total. The number of aryl methyl sites for hydroxylation is 2. The van der Waals surface area contributed by atoms with Crippen LogP contribution in [0.3, 0.4) is 0 Å².